The van der Waals surface area contributed by atoms with Gasteiger partial charge in [0, 0.05) is 26.9 Å². The molecule has 0 bridgehead atoms. The molecule has 4 atom stereocenters. The van der Waals surface area contributed by atoms with Gasteiger partial charge in [0.25, 0.3) is 0 Å². The largest absolute Gasteiger partial charge is 0.379 e. The van der Waals surface area contributed by atoms with Crippen molar-refractivity contribution in [2.24, 2.45) is 0 Å². The molecule has 0 amide bonds. The minimum absolute atomic E-state index is 0.120. The van der Waals surface area contributed by atoms with Crippen LogP contribution in [0.25, 0.3) is 0 Å². The summed E-state index contributed by atoms with van der Waals surface area (Å²) in [5.41, 5.74) is 0. The molecule has 1 saturated heterocycles. The summed E-state index contributed by atoms with van der Waals surface area (Å²) >= 11 is 0. The Kier molecular flexibility index (Phi) is 11.9. The molecular weight excluding hydrogens is 296 g/mol. The molecule has 1 aliphatic rings. The third kappa shape index (κ3) is 7.48. The van der Waals surface area contributed by atoms with Gasteiger partial charge in [0.2, 0.25) is 0 Å². The number of unbranched alkanes of at least 4 members (excludes halogenated alkanes) is 3. The molecular formula is C18H36O5. The van der Waals surface area contributed by atoms with Gasteiger partial charge in [-0.2, -0.15) is 0 Å². The van der Waals surface area contributed by atoms with Crippen LogP contribution in [0.3, 0.4) is 0 Å². The first-order chi connectivity index (χ1) is 11.3. The van der Waals surface area contributed by atoms with E-state index in [-0.39, 0.29) is 24.6 Å². The zero-order valence-electron chi connectivity index (χ0n) is 15.4. The fourth-order valence-corrected chi connectivity index (χ4v) is 2.57. The molecule has 0 aromatic carbocycles. The van der Waals surface area contributed by atoms with E-state index in [2.05, 4.69) is 20.8 Å². The number of hydrogen-bond donors (Lipinski definition) is 0. The van der Waals surface area contributed by atoms with Crippen LogP contribution in [0, 0.1) is 0 Å². The fourth-order valence-electron chi connectivity index (χ4n) is 2.57. The fraction of sp³-hybridized carbons (Fsp3) is 1.00. The molecule has 0 radical (unpaired) electrons. The van der Waals surface area contributed by atoms with Crippen molar-refractivity contribution in [3.05, 3.63) is 0 Å². The maximum Gasteiger partial charge on any atom is 0.186 e. The lowest BCUT2D eigenvalue weighted by molar-refractivity contribution is -0.168. The van der Waals surface area contributed by atoms with Crippen LogP contribution in [0.2, 0.25) is 0 Å². The predicted molar refractivity (Wildman–Crippen MR) is 90.7 cm³/mol. The zero-order chi connectivity index (χ0) is 16.9. The van der Waals surface area contributed by atoms with Gasteiger partial charge >= 0.3 is 0 Å². The molecule has 0 aromatic heterocycles. The van der Waals surface area contributed by atoms with Crippen LogP contribution in [0.15, 0.2) is 0 Å². The molecule has 1 fully saturated rings. The molecule has 5 nitrogen and oxygen atoms in total. The highest BCUT2D eigenvalue weighted by molar-refractivity contribution is 4.89. The van der Waals surface area contributed by atoms with E-state index in [1.165, 1.54) is 0 Å². The van der Waals surface area contributed by atoms with Crippen molar-refractivity contribution >= 4 is 0 Å². The molecule has 0 aliphatic carbocycles. The van der Waals surface area contributed by atoms with E-state index in [0.29, 0.717) is 13.2 Å². The van der Waals surface area contributed by atoms with Gasteiger partial charge in [0.1, 0.15) is 18.3 Å². The summed E-state index contributed by atoms with van der Waals surface area (Å²) in [6.45, 7) is 9.20. The van der Waals surface area contributed by atoms with Gasteiger partial charge in [-0.05, 0) is 19.3 Å². The zero-order valence-corrected chi connectivity index (χ0v) is 15.4. The van der Waals surface area contributed by atoms with Crippen LogP contribution in [0.5, 0.6) is 0 Å². The summed E-state index contributed by atoms with van der Waals surface area (Å²) in [6, 6.07) is 0. The molecule has 0 N–H and O–H groups in total. The Balaban J connectivity index is 2.57. The summed E-state index contributed by atoms with van der Waals surface area (Å²) in [7, 11) is 1.66. The average Bonchev–Trinajstić information content (AvgIpc) is 2.89. The second kappa shape index (κ2) is 13.1. The lowest BCUT2D eigenvalue weighted by Gasteiger charge is -2.24. The smallest absolute Gasteiger partial charge is 0.186 e. The molecule has 0 spiro atoms. The molecule has 1 aliphatic heterocycles. The van der Waals surface area contributed by atoms with Gasteiger partial charge in [-0.3, -0.25) is 0 Å². The van der Waals surface area contributed by atoms with Gasteiger partial charge in [0.05, 0.1) is 6.61 Å². The first kappa shape index (κ1) is 20.8. The molecule has 1 heterocycles. The van der Waals surface area contributed by atoms with Crippen LogP contribution < -0.4 is 0 Å². The van der Waals surface area contributed by atoms with E-state index in [4.69, 9.17) is 23.7 Å². The highest BCUT2D eigenvalue weighted by atomic mass is 16.7. The normalized spacial score (nSPS) is 27.7. The summed E-state index contributed by atoms with van der Waals surface area (Å²) in [4.78, 5) is 0. The molecule has 1 rings (SSSR count). The van der Waals surface area contributed by atoms with Crippen LogP contribution >= 0.6 is 0 Å². The van der Waals surface area contributed by atoms with Crippen LogP contribution in [0.1, 0.15) is 59.3 Å². The van der Waals surface area contributed by atoms with Gasteiger partial charge in [-0.1, -0.05) is 40.0 Å². The van der Waals surface area contributed by atoms with Crippen molar-refractivity contribution < 1.29 is 23.7 Å². The lowest BCUT2D eigenvalue weighted by atomic mass is 10.1. The van der Waals surface area contributed by atoms with Gasteiger partial charge in [-0.15, -0.1) is 0 Å². The SMILES string of the molecule is CCCCOC[C@H]1O[C@H](OC)[C@H](OCCCC)[C@@H]1OCCCC. The van der Waals surface area contributed by atoms with Crippen molar-refractivity contribution in [3.8, 4) is 0 Å². The van der Waals surface area contributed by atoms with Crippen molar-refractivity contribution in [3.63, 3.8) is 0 Å². The summed E-state index contributed by atoms with van der Waals surface area (Å²) < 4.78 is 29.3. The van der Waals surface area contributed by atoms with Gasteiger partial charge in [-0.25, -0.2) is 0 Å². The Morgan fingerprint density at radius 2 is 1.35 bits per heavy atom. The molecule has 5 heteroatoms. The minimum Gasteiger partial charge on any atom is -0.379 e. The Morgan fingerprint density at radius 1 is 0.783 bits per heavy atom. The highest BCUT2D eigenvalue weighted by Crippen LogP contribution is 2.28. The van der Waals surface area contributed by atoms with Gasteiger partial charge < -0.3 is 23.7 Å². The third-order valence-corrected chi connectivity index (χ3v) is 4.04. The molecule has 0 saturated carbocycles. The Labute approximate surface area is 142 Å². The van der Waals surface area contributed by atoms with Gasteiger partial charge in [0.15, 0.2) is 6.29 Å². The first-order valence-electron chi connectivity index (χ1n) is 9.27. The molecule has 138 valence electrons. The minimum atomic E-state index is -0.377. The van der Waals surface area contributed by atoms with E-state index in [9.17, 15) is 0 Å². The number of methoxy groups -OCH3 is 1. The Morgan fingerprint density at radius 3 is 1.91 bits per heavy atom. The monoisotopic (exact) mass is 332 g/mol. The Bertz CT molecular complexity index is 274. The predicted octanol–water partition coefficient (Wildman–Crippen LogP) is 3.55. The van der Waals surface area contributed by atoms with E-state index in [0.717, 1.165) is 51.7 Å². The second-order valence-corrected chi connectivity index (χ2v) is 6.09. The highest BCUT2D eigenvalue weighted by Gasteiger charge is 2.46. The number of hydrogen-bond acceptors (Lipinski definition) is 5. The number of rotatable bonds is 14. The van der Waals surface area contributed by atoms with E-state index < -0.39 is 0 Å². The van der Waals surface area contributed by atoms with E-state index in [1.54, 1.807) is 7.11 Å². The van der Waals surface area contributed by atoms with Crippen molar-refractivity contribution in [2.45, 2.75) is 83.9 Å². The third-order valence-electron chi connectivity index (χ3n) is 4.04. The standard InChI is InChI=1S/C18H36O5/c1-5-8-11-20-14-15-16(21-12-9-6-2)17(18(19-4)23-15)22-13-10-7-3/h15-18H,5-14H2,1-4H3/t15-,16-,17-,18+/m1/s1. The molecule has 23 heavy (non-hydrogen) atoms. The van der Waals surface area contributed by atoms with E-state index >= 15 is 0 Å². The van der Waals surface area contributed by atoms with Crippen molar-refractivity contribution in [1.82, 2.24) is 0 Å². The maximum atomic E-state index is 6.08. The van der Waals surface area contributed by atoms with Crippen molar-refractivity contribution in [1.29, 1.82) is 0 Å². The van der Waals surface area contributed by atoms with Crippen molar-refractivity contribution in [2.75, 3.05) is 33.5 Å². The summed E-state index contributed by atoms with van der Waals surface area (Å²) in [6.07, 6.45) is 5.69. The molecule has 0 unspecified atom stereocenters. The topological polar surface area (TPSA) is 46.2 Å². The second-order valence-electron chi connectivity index (χ2n) is 6.09. The quantitative estimate of drug-likeness (QED) is 0.455. The number of ether oxygens (including phenoxy) is 5. The Hall–Kier alpha value is -0.200. The van der Waals surface area contributed by atoms with Crippen LogP contribution in [-0.2, 0) is 23.7 Å². The van der Waals surface area contributed by atoms with Crippen LogP contribution in [0.4, 0.5) is 0 Å². The lowest BCUT2D eigenvalue weighted by Crippen LogP contribution is -2.40. The maximum absolute atomic E-state index is 6.08. The summed E-state index contributed by atoms with van der Waals surface area (Å²) in [5, 5.41) is 0. The summed E-state index contributed by atoms with van der Waals surface area (Å²) in [5.74, 6) is 0. The first-order valence-corrected chi connectivity index (χ1v) is 9.27. The van der Waals surface area contributed by atoms with E-state index in [1.807, 2.05) is 0 Å². The average molecular weight is 332 g/mol. The molecule has 0 aromatic rings. The van der Waals surface area contributed by atoms with Crippen LogP contribution in [-0.4, -0.2) is 58.1 Å².